The molecule has 0 aromatic carbocycles. The number of likely N-dealkylation sites (tertiary alicyclic amines) is 1. The predicted octanol–water partition coefficient (Wildman–Crippen LogP) is 2.80. The maximum absolute atomic E-state index is 10.3. The molecule has 2 aliphatic rings. The molecule has 94 valence electrons. The van der Waals surface area contributed by atoms with Crippen LogP contribution in [0, 0.1) is 5.92 Å². The summed E-state index contributed by atoms with van der Waals surface area (Å²) in [6.07, 6.45) is 8.19. The van der Waals surface area contributed by atoms with E-state index in [1.165, 1.54) is 38.8 Å². The Kier molecular flexibility index (Phi) is 3.91. The van der Waals surface area contributed by atoms with Crippen LogP contribution in [0.1, 0.15) is 58.8 Å². The predicted molar refractivity (Wildman–Crippen MR) is 67.5 cm³/mol. The van der Waals surface area contributed by atoms with Gasteiger partial charge in [-0.3, -0.25) is 0 Å². The fourth-order valence-electron chi connectivity index (χ4n) is 3.32. The zero-order valence-corrected chi connectivity index (χ0v) is 10.9. The van der Waals surface area contributed by atoms with Crippen LogP contribution in [0.15, 0.2) is 0 Å². The van der Waals surface area contributed by atoms with Crippen molar-refractivity contribution in [1.29, 1.82) is 0 Å². The van der Waals surface area contributed by atoms with Gasteiger partial charge in [-0.2, -0.15) is 0 Å². The fourth-order valence-corrected chi connectivity index (χ4v) is 3.32. The minimum atomic E-state index is -0.286. The van der Waals surface area contributed by atoms with Crippen LogP contribution in [0.25, 0.3) is 0 Å². The van der Waals surface area contributed by atoms with E-state index in [2.05, 4.69) is 18.7 Å². The van der Waals surface area contributed by atoms with Crippen molar-refractivity contribution in [2.45, 2.75) is 70.4 Å². The minimum Gasteiger partial charge on any atom is -0.390 e. The third kappa shape index (κ3) is 2.98. The summed E-state index contributed by atoms with van der Waals surface area (Å²) in [4.78, 5) is 2.57. The van der Waals surface area contributed by atoms with E-state index in [1.54, 1.807) is 0 Å². The number of nitrogens with zero attached hydrogens (tertiary/aromatic N) is 1. The van der Waals surface area contributed by atoms with E-state index in [0.29, 0.717) is 6.04 Å². The van der Waals surface area contributed by atoms with Gasteiger partial charge in [0, 0.05) is 12.6 Å². The molecule has 2 nitrogen and oxygen atoms in total. The molecule has 1 heterocycles. The first-order valence-electron chi connectivity index (χ1n) is 7.05. The topological polar surface area (TPSA) is 23.5 Å². The molecule has 0 aromatic rings. The van der Waals surface area contributed by atoms with Gasteiger partial charge in [-0.15, -0.1) is 0 Å². The summed E-state index contributed by atoms with van der Waals surface area (Å²) in [5.41, 5.74) is -0.286. The van der Waals surface area contributed by atoms with Gasteiger partial charge < -0.3 is 10.0 Å². The van der Waals surface area contributed by atoms with Crippen LogP contribution in [0.2, 0.25) is 0 Å². The summed E-state index contributed by atoms with van der Waals surface area (Å²) in [5, 5.41) is 10.3. The highest BCUT2D eigenvalue weighted by Gasteiger charge is 2.32. The molecule has 0 amide bonds. The lowest BCUT2D eigenvalue weighted by molar-refractivity contribution is 0.0324. The monoisotopic (exact) mass is 225 g/mol. The SMILES string of the molecule is CC(C)N1CCC(CCC2(O)CCCC2)C1. The Morgan fingerprint density at radius 3 is 2.56 bits per heavy atom. The van der Waals surface area contributed by atoms with E-state index in [1.807, 2.05) is 0 Å². The molecule has 2 fully saturated rings. The maximum atomic E-state index is 10.3. The van der Waals surface area contributed by atoms with E-state index in [4.69, 9.17) is 0 Å². The molecule has 0 aromatic heterocycles. The first-order valence-corrected chi connectivity index (χ1v) is 7.05. The van der Waals surface area contributed by atoms with Gasteiger partial charge in [-0.05, 0) is 58.4 Å². The fraction of sp³-hybridized carbons (Fsp3) is 1.00. The van der Waals surface area contributed by atoms with Crippen molar-refractivity contribution in [2.24, 2.45) is 5.92 Å². The van der Waals surface area contributed by atoms with Gasteiger partial charge in [0.15, 0.2) is 0 Å². The average Bonchev–Trinajstić information content (AvgIpc) is 2.84. The molecule has 16 heavy (non-hydrogen) atoms. The van der Waals surface area contributed by atoms with Crippen molar-refractivity contribution in [2.75, 3.05) is 13.1 Å². The van der Waals surface area contributed by atoms with Crippen molar-refractivity contribution in [1.82, 2.24) is 4.90 Å². The van der Waals surface area contributed by atoms with E-state index in [9.17, 15) is 5.11 Å². The molecule has 1 saturated heterocycles. The Bertz CT molecular complexity index is 221. The van der Waals surface area contributed by atoms with E-state index in [-0.39, 0.29) is 5.60 Å². The molecule has 0 radical (unpaired) electrons. The van der Waals surface area contributed by atoms with Gasteiger partial charge in [0.05, 0.1) is 5.60 Å². The second-order valence-electron chi connectivity index (χ2n) is 6.21. The van der Waals surface area contributed by atoms with Crippen LogP contribution >= 0.6 is 0 Å². The van der Waals surface area contributed by atoms with Gasteiger partial charge >= 0.3 is 0 Å². The van der Waals surface area contributed by atoms with Crippen molar-refractivity contribution < 1.29 is 5.11 Å². The third-order valence-electron chi connectivity index (χ3n) is 4.60. The van der Waals surface area contributed by atoms with Crippen LogP contribution in [-0.2, 0) is 0 Å². The Labute approximate surface area is 100 Å². The average molecular weight is 225 g/mol. The lowest BCUT2D eigenvalue weighted by Gasteiger charge is -2.24. The summed E-state index contributed by atoms with van der Waals surface area (Å²) >= 11 is 0. The van der Waals surface area contributed by atoms with Crippen LogP contribution in [0.5, 0.6) is 0 Å². The summed E-state index contributed by atoms with van der Waals surface area (Å²) in [6, 6.07) is 0.694. The number of hydrogen-bond donors (Lipinski definition) is 1. The van der Waals surface area contributed by atoms with Gasteiger partial charge in [-0.25, -0.2) is 0 Å². The highest BCUT2D eigenvalue weighted by molar-refractivity contribution is 4.86. The standard InChI is InChI=1S/C14H27NO/c1-12(2)15-10-6-13(11-15)5-9-14(16)7-3-4-8-14/h12-13,16H,3-11H2,1-2H3. The Hall–Kier alpha value is -0.0800. The largest absolute Gasteiger partial charge is 0.390 e. The van der Waals surface area contributed by atoms with Gasteiger partial charge in [0.25, 0.3) is 0 Å². The van der Waals surface area contributed by atoms with Crippen LogP contribution in [-0.4, -0.2) is 34.7 Å². The van der Waals surface area contributed by atoms with Crippen LogP contribution < -0.4 is 0 Å². The minimum absolute atomic E-state index is 0.286. The molecule has 0 bridgehead atoms. The van der Waals surface area contributed by atoms with E-state index in [0.717, 1.165) is 25.2 Å². The third-order valence-corrected chi connectivity index (χ3v) is 4.60. The van der Waals surface area contributed by atoms with Gasteiger partial charge in [0.2, 0.25) is 0 Å². The quantitative estimate of drug-likeness (QED) is 0.795. The molecule has 1 unspecified atom stereocenters. The summed E-state index contributed by atoms with van der Waals surface area (Å²) < 4.78 is 0. The van der Waals surface area contributed by atoms with Crippen molar-refractivity contribution in [3.63, 3.8) is 0 Å². The zero-order chi connectivity index (χ0) is 11.6. The Morgan fingerprint density at radius 2 is 2.00 bits per heavy atom. The second-order valence-corrected chi connectivity index (χ2v) is 6.21. The molecule has 1 saturated carbocycles. The lowest BCUT2D eigenvalue weighted by Crippen LogP contribution is -2.29. The lowest BCUT2D eigenvalue weighted by atomic mass is 9.90. The van der Waals surface area contributed by atoms with Crippen LogP contribution in [0.4, 0.5) is 0 Å². The molecule has 2 rings (SSSR count). The van der Waals surface area contributed by atoms with Gasteiger partial charge in [0.1, 0.15) is 0 Å². The molecular weight excluding hydrogens is 198 g/mol. The first-order chi connectivity index (χ1) is 7.59. The second kappa shape index (κ2) is 5.05. The summed E-state index contributed by atoms with van der Waals surface area (Å²) in [6.45, 7) is 7.09. The highest BCUT2D eigenvalue weighted by Crippen LogP contribution is 2.35. The van der Waals surface area contributed by atoms with E-state index >= 15 is 0 Å². The summed E-state index contributed by atoms with van der Waals surface area (Å²) in [5.74, 6) is 0.840. The number of rotatable bonds is 4. The molecule has 1 aliphatic heterocycles. The Balaban J connectivity index is 1.71. The molecule has 2 heteroatoms. The molecule has 1 atom stereocenters. The molecule has 1 N–H and O–H groups in total. The highest BCUT2D eigenvalue weighted by atomic mass is 16.3. The molecule has 1 aliphatic carbocycles. The number of aliphatic hydroxyl groups is 1. The molecular formula is C14H27NO. The van der Waals surface area contributed by atoms with Gasteiger partial charge in [-0.1, -0.05) is 12.8 Å². The van der Waals surface area contributed by atoms with E-state index < -0.39 is 0 Å². The smallest absolute Gasteiger partial charge is 0.0648 e. The van der Waals surface area contributed by atoms with Crippen molar-refractivity contribution in [3.8, 4) is 0 Å². The number of hydrogen-bond acceptors (Lipinski definition) is 2. The van der Waals surface area contributed by atoms with Crippen molar-refractivity contribution >= 4 is 0 Å². The Morgan fingerprint density at radius 1 is 1.31 bits per heavy atom. The van der Waals surface area contributed by atoms with Crippen molar-refractivity contribution in [3.05, 3.63) is 0 Å². The summed E-state index contributed by atoms with van der Waals surface area (Å²) in [7, 11) is 0. The first kappa shape index (κ1) is 12.4. The van der Waals surface area contributed by atoms with Crippen LogP contribution in [0.3, 0.4) is 0 Å². The maximum Gasteiger partial charge on any atom is 0.0648 e. The molecule has 0 spiro atoms. The normalized spacial score (nSPS) is 30.4. The zero-order valence-electron chi connectivity index (χ0n) is 10.9.